The Morgan fingerprint density at radius 3 is 2.75 bits per heavy atom. The molecule has 1 fully saturated rings. The Kier molecular flexibility index (Phi) is 4.26. The van der Waals surface area contributed by atoms with E-state index >= 15 is 0 Å². The van der Waals surface area contributed by atoms with E-state index in [0.717, 1.165) is 19.4 Å². The molecule has 0 aromatic rings. The van der Waals surface area contributed by atoms with Crippen LogP contribution >= 0.6 is 0 Å². The molecule has 1 aliphatic heterocycles. The summed E-state index contributed by atoms with van der Waals surface area (Å²) in [4.78, 5) is 22.0. The predicted octanol–water partition coefficient (Wildman–Crippen LogP) is -0.920. The maximum atomic E-state index is 11.7. The zero-order valence-corrected chi connectivity index (χ0v) is 9.32. The molecule has 6 nitrogen and oxygen atoms in total. The van der Waals surface area contributed by atoms with Crippen molar-refractivity contribution < 1.29 is 19.8 Å². The highest BCUT2D eigenvalue weighted by Crippen LogP contribution is 2.18. The molecule has 0 aromatic heterocycles. The van der Waals surface area contributed by atoms with Crippen LogP contribution in [0.3, 0.4) is 0 Å². The minimum atomic E-state index is -1.41. The number of carbonyl (C=O) groups excluding carboxylic acids is 1. The van der Waals surface area contributed by atoms with E-state index in [9.17, 15) is 9.59 Å². The minimum absolute atomic E-state index is 0.0250. The molecule has 0 saturated carbocycles. The Balaban J connectivity index is 2.27. The second kappa shape index (κ2) is 5.27. The van der Waals surface area contributed by atoms with Gasteiger partial charge in [-0.05, 0) is 26.3 Å². The van der Waals surface area contributed by atoms with E-state index in [1.54, 1.807) is 0 Å². The number of hydrogen-bond acceptors (Lipinski definition) is 4. The van der Waals surface area contributed by atoms with Gasteiger partial charge in [0, 0.05) is 13.0 Å². The maximum Gasteiger partial charge on any atom is 0.332 e. The summed E-state index contributed by atoms with van der Waals surface area (Å²) in [6.07, 6.45) is 0.351. The summed E-state index contributed by atoms with van der Waals surface area (Å²) in [5.74, 6) is -1.40. The molecule has 0 radical (unpaired) electrons. The monoisotopic (exact) mass is 230 g/mol. The fraction of sp³-hybridized carbons (Fsp3) is 0.800. The van der Waals surface area contributed by atoms with Gasteiger partial charge in [0.2, 0.25) is 5.91 Å². The molecule has 1 aliphatic rings. The van der Waals surface area contributed by atoms with Crippen LogP contribution in [0.4, 0.5) is 0 Å². The van der Waals surface area contributed by atoms with Crippen molar-refractivity contribution in [2.75, 3.05) is 13.1 Å². The molecule has 1 heterocycles. The Labute approximate surface area is 94.0 Å². The molecule has 1 rings (SSSR count). The Morgan fingerprint density at radius 2 is 2.25 bits per heavy atom. The van der Waals surface area contributed by atoms with E-state index in [0.29, 0.717) is 0 Å². The molecule has 4 N–H and O–H groups in total. The molecule has 1 saturated heterocycles. The molecule has 0 bridgehead atoms. The molecular formula is C10H18N2O4. The quantitative estimate of drug-likeness (QED) is 0.489. The molecule has 92 valence electrons. The first-order valence-corrected chi connectivity index (χ1v) is 5.40. The zero-order chi connectivity index (χ0) is 12.2. The van der Waals surface area contributed by atoms with Crippen molar-refractivity contribution in [1.82, 2.24) is 10.6 Å². The summed E-state index contributed by atoms with van der Waals surface area (Å²) in [5, 5.41) is 23.2. The fourth-order valence-electron chi connectivity index (χ4n) is 1.73. The van der Waals surface area contributed by atoms with Gasteiger partial charge in [-0.15, -0.1) is 0 Å². The minimum Gasteiger partial charge on any atom is -0.479 e. The predicted molar refractivity (Wildman–Crippen MR) is 56.9 cm³/mol. The van der Waals surface area contributed by atoms with Gasteiger partial charge in [0.25, 0.3) is 0 Å². The van der Waals surface area contributed by atoms with Crippen LogP contribution < -0.4 is 10.6 Å². The number of rotatable bonds is 5. The third-order valence-electron chi connectivity index (χ3n) is 2.86. The van der Waals surface area contributed by atoms with E-state index in [4.69, 9.17) is 10.2 Å². The molecular weight excluding hydrogens is 212 g/mol. The van der Waals surface area contributed by atoms with Crippen molar-refractivity contribution >= 4 is 11.9 Å². The van der Waals surface area contributed by atoms with E-state index < -0.39 is 17.6 Å². The van der Waals surface area contributed by atoms with Crippen molar-refractivity contribution in [3.05, 3.63) is 0 Å². The van der Waals surface area contributed by atoms with Gasteiger partial charge in [0.1, 0.15) is 0 Å². The molecule has 0 spiro atoms. The first-order valence-electron chi connectivity index (χ1n) is 5.40. The number of nitrogens with one attached hydrogen (secondary N) is 2. The van der Waals surface area contributed by atoms with Gasteiger partial charge in [0.15, 0.2) is 6.10 Å². The van der Waals surface area contributed by atoms with Crippen LogP contribution in [0.25, 0.3) is 0 Å². The average Bonchev–Trinajstić information content (AvgIpc) is 2.66. The Hall–Kier alpha value is -1.14. The van der Waals surface area contributed by atoms with Crippen LogP contribution in [0, 0.1) is 0 Å². The third kappa shape index (κ3) is 3.18. The standard InChI is InChI=1S/C10H18N2O4/c1-10(4-2-5-12-10)9(16)11-6-3-7(13)8(14)15/h7,12-13H,2-6H2,1H3,(H,11,16)(H,14,15). The lowest BCUT2D eigenvalue weighted by molar-refractivity contribution is -0.147. The van der Waals surface area contributed by atoms with Gasteiger partial charge in [0.05, 0.1) is 5.54 Å². The second-order valence-electron chi connectivity index (χ2n) is 4.26. The highest BCUT2D eigenvalue weighted by Gasteiger charge is 2.35. The highest BCUT2D eigenvalue weighted by molar-refractivity contribution is 5.86. The van der Waals surface area contributed by atoms with Gasteiger partial charge >= 0.3 is 5.97 Å². The van der Waals surface area contributed by atoms with Crippen LogP contribution in [0.1, 0.15) is 26.2 Å². The smallest absolute Gasteiger partial charge is 0.332 e. The second-order valence-corrected chi connectivity index (χ2v) is 4.26. The third-order valence-corrected chi connectivity index (χ3v) is 2.86. The van der Waals surface area contributed by atoms with Gasteiger partial charge in [-0.2, -0.15) is 0 Å². The maximum absolute atomic E-state index is 11.7. The van der Waals surface area contributed by atoms with Crippen molar-refractivity contribution in [3.8, 4) is 0 Å². The van der Waals surface area contributed by atoms with Crippen LogP contribution in [0.5, 0.6) is 0 Å². The summed E-state index contributed by atoms with van der Waals surface area (Å²) in [7, 11) is 0. The van der Waals surface area contributed by atoms with Crippen LogP contribution in [0.15, 0.2) is 0 Å². The number of hydrogen-bond donors (Lipinski definition) is 4. The number of aliphatic hydroxyl groups excluding tert-OH is 1. The lowest BCUT2D eigenvalue weighted by atomic mass is 9.99. The van der Waals surface area contributed by atoms with Crippen molar-refractivity contribution in [2.24, 2.45) is 0 Å². The lowest BCUT2D eigenvalue weighted by Gasteiger charge is -2.23. The first kappa shape index (κ1) is 12.9. The van der Waals surface area contributed by atoms with E-state index in [-0.39, 0.29) is 18.9 Å². The van der Waals surface area contributed by atoms with Crippen LogP contribution in [0.2, 0.25) is 0 Å². The fourth-order valence-corrected chi connectivity index (χ4v) is 1.73. The van der Waals surface area contributed by atoms with Crippen molar-refractivity contribution in [3.63, 3.8) is 0 Å². The molecule has 0 aromatic carbocycles. The van der Waals surface area contributed by atoms with E-state index in [1.165, 1.54) is 0 Å². The topological polar surface area (TPSA) is 98.7 Å². The van der Waals surface area contributed by atoms with Gasteiger partial charge < -0.3 is 20.8 Å². The lowest BCUT2D eigenvalue weighted by Crippen LogP contribution is -2.51. The Morgan fingerprint density at radius 1 is 1.56 bits per heavy atom. The van der Waals surface area contributed by atoms with Gasteiger partial charge in [-0.3, -0.25) is 4.79 Å². The summed E-state index contributed by atoms with van der Waals surface area (Å²) in [6, 6.07) is 0. The first-order chi connectivity index (χ1) is 7.46. The summed E-state index contributed by atoms with van der Waals surface area (Å²) < 4.78 is 0. The summed E-state index contributed by atoms with van der Waals surface area (Å²) >= 11 is 0. The summed E-state index contributed by atoms with van der Waals surface area (Å²) in [6.45, 7) is 2.81. The molecule has 2 atom stereocenters. The van der Waals surface area contributed by atoms with E-state index in [1.807, 2.05) is 6.92 Å². The summed E-state index contributed by atoms with van der Waals surface area (Å²) in [5.41, 5.74) is -0.547. The molecule has 6 heteroatoms. The molecule has 2 unspecified atom stereocenters. The zero-order valence-electron chi connectivity index (χ0n) is 9.32. The number of amides is 1. The van der Waals surface area contributed by atoms with Crippen LogP contribution in [-0.2, 0) is 9.59 Å². The highest BCUT2D eigenvalue weighted by atomic mass is 16.4. The SMILES string of the molecule is CC1(C(=O)NCCC(O)C(=O)O)CCCN1. The molecule has 1 amide bonds. The van der Waals surface area contributed by atoms with Crippen LogP contribution in [-0.4, -0.2) is 46.8 Å². The van der Waals surface area contributed by atoms with Crippen molar-refractivity contribution in [1.29, 1.82) is 0 Å². The number of carboxylic acid groups (broad SMARTS) is 1. The largest absolute Gasteiger partial charge is 0.479 e. The number of aliphatic hydroxyl groups is 1. The molecule has 16 heavy (non-hydrogen) atoms. The molecule has 0 aliphatic carbocycles. The van der Waals surface area contributed by atoms with Gasteiger partial charge in [-0.1, -0.05) is 0 Å². The van der Waals surface area contributed by atoms with Gasteiger partial charge in [-0.25, -0.2) is 4.79 Å². The average molecular weight is 230 g/mol. The number of carbonyl (C=O) groups is 2. The number of aliphatic carboxylic acids is 1. The Bertz CT molecular complexity index is 274. The van der Waals surface area contributed by atoms with Crippen molar-refractivity contribution in [2.45, 2.75) is 37.8 Å². The van der Waals surface area contributed by atoms with E-state index in [2.05, 4.69) is 10.6 Å². The number of carboxylic acids is 1. The normalized spacial score (nSPS) is 26.4.